The molecule has 0 aliphatic heterocycles. The average molecular weight is 306 g/mol. The minimum absolute atomic E-state index is 0.0346. The van der Waals surface area contributed by atoms with Crippen molar-refractivity contribution in [3.05, 3.63) is 74.7 Å². The number of carbonyl (C=O) groups is 3. The van der Waals surface area contributed by atoms with E-state index in [0.717, 1.165) is 0 Å². The van der Waals surface area contributed by atoms with Crippen LogP contribution in [0, 0.1) is 0 Å². The van der Waals surface area contributed by atoms with Crippen LogP contribution in [0.25, 0.3) is 10.4 Å². The third kappa shape index (κ3) is 2.07. The molecule has 1 aliphatic carbocycles. The van der Waals surface area contributed by atoms with Crippen molar-refractivity contribution >= 4 is 23.2 Å². The summed E-state index contributed by atoms with van der Waals surface area (Å²) in [5, 5.41) is 5.91. The van der Waals surface area contributed by atoms with Crippen LogP contribution in [0.15, 0.2) is 41.5 Å². The molecule has 0 saturated carbocycles. The fraction of sp³-hybridized carbons (Fsp3) is 0.0625. The lowest BCUT2D eigenvalue weighted by atomic mass is 9.82. The highest BCUT2D eigenvalue weighted by molar-refractivity contribution is 6.30. The second-order valence-corrected chi connectivity index (χ2v) is 4.86. The number of azide groups is 1. The van der Waals surface area contributed by atoms with Crippen LogP contribution in [0.2, 0.25) is 0 Å². The molecule has 0 heterocycles. The summed E-state index contributed by atoms with van der Waals surface area (Å²) in [6, 6.07) is 9.20. The van der Waals surface area contributed by atoms with E-state index >= 15 is 0 Å². The lowest BCUT2D eigenvalue weighted by Crippen LogP contribution is -2.24. The molecular weight excluding hydrogens is 296 g/mol. The molecule has 0 saturated heterocycles. The van der Waals surface area contributed by atoms with E-state index < -0.39 is 11.7 Å². The maximum atomic E-state index is 12.7. The third-order valence-corrected chi connectivity index (χ3v) is 3.68. The van der Waals surface area contributed by atoms with Crippen LogP contribution in [-0.2, 0) is 0 Å². The standard InChI is InChI=1S/C16H10N4O3/c1-18-16(23)11-7-6-10-12(13(11)19-20-17)15(22)9-5-3-2-4-8(9)14(10)21/h2-7H,1H3,(H,18,23). The zero-order chi connectivity index (χ0) is 16.6. The van der Waals surface area contributed by atoms with Crippen molar-refractivity contribution in [2.45, 2.75) is 0 Å². The highest BCUT2D eigenvalue weighted by atomic mass is 16.2. The lowest BCUT2D eigenvalue weighted by Gasteiger charge is -2.20. The van der Waals surface area contributed by atoms with Gasteiger partial charge in [0.15, 0.2) is 11.6 Å². The monoisotopic (exact) mass is 306 g/mol. The molecule has 112 valence electrons. The van der Waals surface area contributed by atoms with Gasteiger partial charge in [-0.05, 0) is 17.7 Å². The molecule has 3 rings (SSSR count). The largest absolute Gasteiger partial charge is 0.355 e. The topological polar surface area (TPSA) is 112 Å². The van der Waals surface area contributed by atoms with Gasteiger partial charge < -0.3 is 5.32 Å². The molecule has 7 nitrogen and oxygen atoms in total. The number of carbonyl (C=O) groups excluding carboxylic acids is 3. The summed E-state index contributed by atoms with van der Waals surface area (Å²) >= 11 is 0. The molecule has 2 aromatic rings. The summed E-state index contributed by atoms with van der Waals surface area (Å²) in [4.78, 5) is 39.9. The van der Waals surface area contributed by atoms with Crippen molar-refractivity contribution in [3.63, 3.8) is 0 Å². The Balaban J connectivity index is 2.37. The van der Waals surface area contributed by atoms with Crippen molar-refractivity contribution < 1.29 is 14.4 Å². The summed E-state index contributed by atoms with van der Waals surface area (Å²) in [6.07, 6.45) is 0. The second kappa shape index (κ2) is 5.40. The minimum atomic E-state index is -0.505. The number of fused-ring (bicyclic) bond motifs is 2. The van der Waals surface area contributed by atoms with Crippen molar-refractivity contribution in [1.82, 2.24) is 5.32 Å². The van der Waals surface area contributed by atoms with E-state index in [0.29, 0.717) is 5.56 Å². The fourth-order valence-corrected chi connectivity index (χ4v) is 2.64. The van der Waals surface area contributed by atoms with Crippen LogP contribution in [0.4, 0.5) is 5.69 Å². The highest BCUT2D eigenvalue weighted by Crippen LogP contribution is 2.35. The van der Waals surface area contributed by atoms with Crippen molar-refractivity contribution in [2.75, 3.05) is 7.05 Å². The molecule has 0 bridgehead atoms. The van der Waals surface area contributed by atoms with Crippen LogP contribution in [0.3, 0.4) is 0 Å². The Kier molecular flexibility index (Phi) is 3.40. The van der Waals surface area contributed by atoms with Crippen LogP contribution >= 0.6 is 0 Å². The SMILES string of the molecule is CNC(=O)c1ccc2c(c1N=[N+]=[N-])C(=O)c1ccccc1C2=O. The van der Waals surface area contributed by atoms with Gasteiger partial charge in [0.1, 0.15) is 0 Å². The van der Waals surface area contributed by atoms with Crippen LogP contribution in [0.5, 0.6) is 0 Å². The fourth-order valence-electron chi connectivity index (χ4n) is 2.64. The van der Waals surface area contributed by atoms with Crippen molar-refractivity contribution in [3.8, 4) is 0 Å². The molecule has 7 heteroatoms. The Hall–Kier alpha value is -3.44. The van der Waals surface area contributed by atoms with Gasteiger partial charge in [0, 0.05) is 39.8 Å². The van der Waals surface area contributed by atoms with Gasteiger partial charge in [0.2, 0.25) is 0 Å². The quantitative estimate of drug-likeness (QED) is 0.446. The molecule has 0 spiro atoms. The Morgan fingerprint density at radius 3 is 2.30 bits per heavy atom. The smallest absolute Gasteiger partial charge is 0.251 e. The van der Waals surface area contributed by atoms with Gasteiger partial charge in [-0.15, -0.1) is 0 Å². The molecule has 1 N–H and O–H groups in total. The molecule has 0 radical (unpaired) electrons. The van der Waals surface area contributed by atoms with E-state index in [-0.39, 0.29) is 33.7 Å². The number of hydrogen-bond donors (Lipinski definition) is 1. The molecule has 0 fully saturated rings. The van der Waals surface area contributed by atoms with E-state index in [2.05, 4.69) is 15.3 Å². The number of amides is 1. The molecule has 1 aliphatic rings. The first-order valence-corrected chi connectivity index (χ1v) is 6.72. The molecule has 0 atom stereocenters. The average Bonchev–Trinajstić information content (AvgIpc) is 2.59. The zero-order valence-electron chi connectivity index (χ0n) is 12.0. The van der Waals surface area contributed by atoms with E-state index in [4.69, 9.17) is 5.53 Å². The number of rotatable bonds is 2. The zero-order valence-corrected chi connectivity index (χ0v) is 12.0. The van der Waals surface area contributed by atoms with Gasteiger partial charge in [0.05, 0.1) is 5.69 Å². The minimum Gasteiger partial charge on any atom is -0.355 e. The van der Waals surface area contributed by atoms with Gasteiger partial charge in [-0.25, -0.2) is 0 Å². The molecule has 23 heavy (non-hydrogen) atoms. The predicted octanol–water partition coefficient (Wildman–Crippen LogP) is 2.76. The number of benzene rings is 2. The Morgan fingerprint density at radius 2 is 1.70 bits per heavy atom. The van der Waals surface area contributed by atoms with Gasteiger partial charge in [-0.1, -0.05) is 29.4 Å². The lowest BCUT2D eigenvalue weighted by molar-refractivity contribution is 0.0960. The predicted molar refractivity (Wildman–Crippen MR) is 81.9 cm³/mol. The van der Waals surface area contributed by atoms with Crippen molar-refractivity contribution in [1.29, 1.82) is 0 Å². The van der Waals surface area contributed by atoms with E-state index in [1.165, 1.54) is 25.2 Å². The molecule has 0 aromatic heterocycles. The molecular formula is C16H10N4O3. The first-order chi connectivity index (χ1) is 11.1. The van der Waals surface area contributed by atoms with E-state index in [1.807, 2.05) is 0 Å². The van der Waals surface area contributed by atoms with Crippen LogP contribution in [-0.4, -0.2) is 24.5 Å². The molecule has 2 aromatic carbocycles. The number of hydrogen-bond acceptors (Lipinski definition) is 4. The maximum Gasteiger partial charge on any atom is 0.251 e. The summed E-state index contributed by atoms with van der Waals surface area (Å²) < 4.78 is 0. The Labute approximate surface area is 130 Å². The van der Waals surface area contributed by atoms with Crippen molar-refractivity contribution in [2.24, 2.45) is 5.11 Å². The van der Waals surface area contributed by atoms with E-state index in [1.54, 1.807) is 18.2 Å². The second-order valence-electron chi connectivity index (χ2n) is 4.86. The first kappa shape index (κ1) is 14.5. The highest BCUT2D eigenvalue weighted by Gasteiger charge is 2.33. The third-order valence-electron chi connectivity index (χ3n) is 3.68. The number of ketones is 2. The van der Waals surface area contributed by atoms with Crippen LogP contribution < -0.4 is 5.32 Å². The molecule has 0 unspecified atom stereocenters. The van der Waals surface area contributed by atoms with E-state index in [9.17, 15) is 14.4 Å². The summed E-state index contributed by atoms with van der Waals surface area (Å²) in [7, 11) is 1.42. The normalized spacial score (nSPS) is 12.0. The number of nitrogens with zero attached hydrogens (tertiary/aromatic N) is 3. The van der Waals surface area contributed by atoms with Gasteiger partial charge in [0.25, 0.3) is 5.91 Å². The van der Waals surface area contributed by atoms with Gasteiger partial charge in [-0.2, -0.15) is 0 Å². The Morgan fingerprint density at radius 1 is 1.04 bits per heavy atom. The maximum absolute atomic E-state index is 12.7. The summed E-state index contributed by atoms with van der Waals surface area (Å²) in [5.41, 5.74) is 9.32. The van der Waals surface area contributed by atoms with Crippen LogP contribution in [0.1, 0.15) is 42.2 Å². The van der Waals surface area contributed by atoms with Gasteiger partial charge >= 0.3 is 0 Å². The Bertz CT molecular complexity index is 927. The number of nitrogens with one attached hydrogen (secondary N) is 1. The van der Waals surface area contributed by atoms with Gasteiger partial charge in [-0.3, -0.25) is 14.4 Å². The summed E-state index contributed by atoms with van der Waals surface area (Å²) in [6.45, 7) is 0. The molecule has 1 amide bonds. The first-order valence-electron chi connectivity index (χ1n) is 6.72. The summed E-state index contributed by atoms with van der Waals surface area (Å²) in [5.74, 6) is -1.29.